The van der Waals surface area contributed by atoms with Gasteiger partial charge in [-0.15, -0.1) is 11.3 Å². The van der Waals surface area contributed by atoms with E-state index in [0.717, 1.165) is 19.3 Å². The van der Waals surface area contributed by atoms with Crippen molar-refractivity contribution in [2.45, 2.75) is 71.1 Å². The maximum Gasteiger partial charge on any atom is 0.140 e. The molecule has 0 aliphatic heterocycles. The van der Waals surface area contributed by atoms with Crippen molar-refractivity contribution in [1.82, 2.24) is 0 Å². The number of rotatable bonds is 7. The lowest BCUT2D eigenvalue weighted by molar-refractivity contribution is -0.121. The van der Waals surface area contributed by atoms with Crippen LogP contribution >= 0.6 is 11.3 Å². The van der Waals surface area contributed by atoms with Crippen LogP contribution in [0, 0.1) is 5.92 Å². The fourth-order valence-corrected chi connectivity index (χ4v) is 4.18. The summed E-state index contributed by atoms with van der Waals surface area (Å²) in [4.78, 5) is 14.1. The van der Waals surface area contributed by atoms with Crippen molar-refractivity contribution in [3.05, 3.63) is 21.9 Å². The van der Waals surface area contributed by atoms with Crippen molar-refractivity contribution in [1.29, 1.82) is 0 Å². The first kappa shape index (κ1) is 14.8. The largest absolute Gasteiger partial charge is 0.299 e. The number of unbranched alkanes of at least 4 members (excludes halogenated alkanes) is 1. The van der Waals surface area contributed by atoms with Gasteiger partial charge in [-0.05, 0) is 42.2 Å². The van der Waals surface area contributed by atoms with Crippen LogP contribution in [0.25, 0.3) is 0 Å². The Morgan fingerprint density at radius 1 is 1.47 bits per heavy atom. The molecule has 1 aromatic heterocycles. The molecular formula is C17H26OS. The van der Waals surface area contributed by atoms with Gasteiger partial charge in [0.25, 0.3) is 0 Å². The van der Waals surface area contributed by atoms with E-state index in [9.17, 15) is 4.79 Å². The molecule has 106 valence electrons. The van der Waals surface area contributed by atoms with Gasteiger partial charge in [0.05, 0.1) is 0 Å². The predicted molar refractivity (Wildman–Crippen MR) is 82.9 cm³/mol. The maximum atomic E-state index is 12.6. The molecule has 0 amide bonds. The molecule has 1 aliphatic rings. The van der Waals surface area contributed by atoms with Crippen molar-refractivity contribution >= 4 is 17.1 Å². The second-order valence-electron chi connectivity index (χ2n) is 5.83. The summed E-state index contributed by atoms with van der Waals surface area (Å²) in [5.41, 5.74) is 1.35. The van der Waals surface area contributed by atoms with Gasteiger partial charge in [0, 0.05) is 17.2 Å². The summed E-state index contributed by atoms with van der Waals surface area (Å²) in [6.07, 6.45) is 9.13. The molecule has 2 unspecified atom stereocenters. The Hall–Kier alpha value is -0.630. The number of hydrogen-bond acceptors (Lipinski definition) is 2. The summed E-state index contributed by atoms with van der Waals surface area (Å²) < 4.78 is 0. The first-order chi connectivity index (χ1) is 9.26. The molecule has 19 heavy (non-hydrogen) atoms. The van der Waals surface area contributed by atoms with Crippen LogP contribution in [0.3, 0.4) is 0 Å². The Kier molecular flexibility index (Phi) is 5.62. The smallest absolute Gasteiger partial charge is 0.140 e. The molecule has 1 aliphatic carbocycles. The molecule has 2 heteroatoms. The Morgan fingerprint density at radius 2 is 2.32 bits per heavy atom. The summed E-state index contributed by atoms with van der Waals surface area (Å²) in [5.74, 6) is 1.32. The third kappa shape index (κ3) is 3.68. The average Bonchev–Trinajstić information content (AvgIpc) is 2.91. The van der Waals surface area contributed by atoms with Crippen molar-refractivity contribution in [3.63, 3.8) is 0 Å². The summed E-state index contributed by atoms with van der Waals surface area (Å²) in [7, 11) is 0. The van der Waals surface area contributed by atoms with E-state index in [-0.39, 0.29) is 5.92 Å². The van der Waals surface area contributed by atoms with E-state index in [2.05, 4.69) is 25.3 Å². The van der Waals surface area contributed by atoms with Crippen molar-refractivity contribution < 1.29 is 4.79 Å². The normalized spacial score (nSPS) is 20.0. The fourth-order valence-electron chi connectivity index (χ4n) is 3.19. The highest BCUT2D eigenvalue weighted by atomic mass is 32.1. The second kappa shape index (κ2) is 7.23. The summed E-state index contributed by atoms with van der Waals surface area (Å²) >= 11 is 1.83. The molecule has 2 rings (SSSR count). The highest BCUT2D eigenvalue weighted by molar-refractivity contribution is 7.10. The Bertz CT molecular complexity index is 407. The number of carbonyl (C=O) groups excluding carboxylic acids is 1. The third-order valence-corrected chi connectivity index (χ3v) is 5.47. The molecule has 0 aromatic carbocycles. The van der Waals surface area contributed by atoms with E-state index >= 15 is 0 Å². The van der Waals surface area contributed by atoms with Gasteiger partial charge >= 0.3 is 0 Å². The van der Waals surface area contributed by atoms with Crippen LogP contribution in [-0.4, -0.2) is 5.78 Å². The molecular weight excluding hydrogens is 252 g/mol. The lowest BCUT2D eigenvalue weighted by Crippen LogP contribution is -2.19. The summed E-state index contributed by atoms with van der Waals surface area (Å²) in [5, 5.41) is 2.16. The van der Waals surface area contributed by atoms with Crippen LogP contribution in [0.15, 0.2) is 11.4 Å². The number of thiophene rings is 1. The van der Waals surface area contributed by atoms with Gasteiger partial charge in [0.2, 0.25) is 0 Å². The maximum absolute atomic E-state index is 12.6. The van der Waals surface area contributed by atoms with E-state index in [1.165, 1.54) is 42.5 Å². The van der Waals surface area contributed by atoms with E-state index in [1.807, 2.05) is 11.3 Å². The highest BCUT2D eigenvalue weighted by Crippen LogP contribution is 2.37. The number of aryl methyl sites for hydroxylation is 1. The molecule has 0 N–H and O–H groups in total. The quantitative estimate of drug-likeness (QED) is 0.657. The van der Waals surface area contributed by atoms with E-state index in [1.54, 1.807) is 0 Å². The molecule has 1 heterocycles. The van der Waals surface area contributed by atoms with Crippen LogP contribution in [0.4, 0.5) is 0 Å². The van der Waals surface area contributed by atoms with Crippen LogP contribution in [0.1, 0.15) is 75.2 Å². The minimum absolute atomic E-state index is 0.214. The van der Waals surface area contributed by atoms with Crippen molar-refractivity contribution in [2.24, 2.45) is 5.92 Å². The van der Waals surface area contributed by atoms with E-state index < -0.39 is 0 Å². The molecule has 0 fully saturated rings. The number of fused-ring (bicyclic) bond motifs is 1. The monoisotopic (exact) mass is 278 g/mol. The van der Waals surface area contributed by atoms with E-state index in [4.69, 9.17) is 0 Å². The zero-order chi connectivity index (χ0) is 13.7. The van der Waals surface area contributed by atoms with Crippen LogP contribution < -0.4 is 0 Å². The minimum Gasteiger partial charge on any atom is -0.299 e. The minimum atomic E-state index is 0.214. The first-order valence-corrected chi connectivity index (χ1v) is 8.73. The van der Waals surface area contributed by atoms with Gasteiger partial charge in [0.1, 0.15) is 5.78 Å². The van der Waals surface area contributed by atoms with Gasteiger partial charge in [-0.2, -0.15) is 0 Å². The fraction of sp³-hybridized carbons (Fsp3) is 0.706. The Balaban J connectivity index is 1.97. The number of Topliss-reactive ketones (excluding diaryl/α,β-unsaturated/α-hetero) is 1. The van der Waals surface area contributed by atoms with Crippen LogP contribution in [0.5, 0.6) is 0 Å². The van der Waals surface area contributed by atoms with Gasteiger partial charge in [0.15, 0.2) is 0 Å². The second-order valence-corrected chi connectivity index (χ2v) is 6.83. The third-order valence-electron chi connectivity index (χ3n) is 4.47. The lowest BCUT2D eigenvalue weighted by Gasteiger charge is -2.23. The molecule has 1 nitrogen and oxygen atoms in total. The molecule has 0 saturated carbocycles. The molecule has 0 saturated heterocycles. The Morgan fingerprint density at radius 3 is 3.05 bits per heavy atom. The predicted octanol–water partition coefficient (Wildman–Crippen LogP) is 5.34. The number of hydrogen-bond donors (Lipinski definition) is 0. The van der Waals surface area contributed by atoms with E-state index in [0.29, 0.717) is 11.7 Å². The van der Waals surface area contributed by atoms with Crippen molar-refractivity contribution in [2.75, 3.05) is 0 Å². The van der Waals surface area contributed by atoms with Gasteiger partial charge in [-0.25, -0.2) is 0 Å². The van der Waals surface area contributed by atoms with Gasteiger partial charge in [-0.1, -0.05) is 39.5 Å². The molecule has 0 spiro atoms. The topological polar surface area (TPSA) is 17.1 Å². The summed E-state index contributed by atoms with van der Waals surface area (Å²) in [6, 6.07) is 2.19. The standard InChI is InChI=1S/C17H26OS/c1-3-5-7-13(4-2)12-16(18)14-8-6-9-17-15(14)10-11-19-17/h10-11,13-14H,3-9,12H2,1-2H3. The van der Waals surface area contributed by atoms with Crippen LogP contribution in [0.2, 0.25) is 0 Å². The molecule has 0 bridgehead atoms. The summed E-state index contributed by atoms with van der Waals surface area (Å²) in [6.45, 7) is 4.46. The molecule has 1 aromatic rings. The zero-order valence-electron chi connectivity index (χ0n) is 12.3. The Labute approximate surface area is 121 Å². The lowest BCUT2D eigenvalue weighted by atomic mass is 9.80. The molecule has 0 radical (unpaired) electrons. The highest BCUT2D eigenvalue weighted by Gasteiger charge is 2.28. The van der Waals surface area contributed by atoms with Crippen LogP contribution in [-0.2, 0) is 11.2 Å². The van der Waals surface area contributed by atoms with Gasteiger partial charge < -0.3 is 0 Å². The SMILES string of the molecule is CCCCC(CC)CC(=O)C1CCCc2sccc21. The number of ketones is 1. The van der Waals surface area contributed by atoms with Crippen molar-refractivity contribution in [3.8, 4) is 0 Å². The zero-order valence-corrected chi connectivity index (χ0v) is 13.1. The van der Waals surface area contributed by atoms with Gasteiger partial charge in [-0.3, -0.25) is 4.79 Å². The molecule has 2 atom stereocenters. The number of carbonyl (C=O) groups is 1. The average molecular weight is 278 g/mol. The first-order valence-electron chi connectivity index (χ1n) is 7.85.